The lowest BCUT2D eigenvalue weighted by molar-refractivity contribution is -0.385. The summed E-state index contributed by atoms with van der Waals surface area (Å²) in [7, 11) is -5.70. The highest BCUT2D eigenvalue weighted by Gasteiger charge is 2.31. The molecule has 2 rings (SSSR count). The van der Waals surface area contributed by atoms with E-state index in [1.807, 2.05) is 7.05 Å². The van der Waals surface area contributed by atoms with Crippen LogP contribution in [-0.2, 0) is 24.3 Å². The van der Waals surface area contributed by atoms with Gasteiger partial charge in [0.2, 0.25) is 10.0 Å². The Balaban J connectivity index is 2.45. The molecule has 14 heteroatoms. The minimum Gasteiger partial charge on any atom is -0.367 e. The van der Waals surface area contributed by atoms with Crippen molar-refractivity contribution in [3.8, 4) is 0 Å². The third kappa shape index (κ3) is 7.63. The Kier molecular flexibility index (Phi) is 9.85. The van der Waals surface area contributed by atoms with Crippen molar-refractivity contribution in [1.82, 2.24) is 9.21 Å². The van der Waals surface area contributed by atoms with Gasteiger partial charge in [0.25, 0.3) is 15.8 Å². The topological polar surface area (TPSA) is 130 Å². The van der Waals surface area contributed by atoms with Gasteiger partial charge in [-0.15, -0.1) is 0 Å². The van der Waals surface area contributed by atoms with Gasteiger partial charge < -0.3 is 9.80 Å². The summed E-state index contributed by atoms with van der Waals surface area (Å²) in [6.45, 7) is 2.38. The van der Waals surface area contributed by atoms with Crippen molar-refractivity contribution < 1.29 is 25.9 Å². The molecule has 0 N–H and O–H groups in total. The summed E-state index contributed by atoms with van der Waals surface area (Å²) < 4.78 is 56.0. The van der Waals surface area contributed by atoms with Crippen LogP contribution in [0.25, 0.3) is 0 Å². The summed E-state index contributed by atoms with van der Waals surface area (Å²) in [4.78, 5) is 14.4. The lowest BCUT2D eigenvalue weighted by Gasteiger charge is -2.30. The molecular weight excluding hydrogens is 528 g/mol. The van der Waals surface area contributed by atoms with Crippen LogP contribution in [-0.4, -0.2) is 95.5 Å². The van der Waals surface area contributed by atoms with E-state index in [0.717, 1.165) is 25.4 Å². The van der Waals surface area contributed by atoms with Crippen molar-refractivity contribution >= 4 is 47.4 Å². The van der Waals surface area contributed by atoms with Crippen LogP contribution in [0.3, 0.4) is 0 Å². The minimum absolute atomic E-state index is 0.0871. The SMILES string of the molecule is CN1CCCN(S(=O)(=O)c2cc([N+](=O)[O-])ccc2N(CCBr)CCOS(C)(=O)=O)CCC1. The summed E-state index contributed by atoms with van der Waals surface area (Å²) in [5.74, 6) is 0. The number of sulfonamides is 1. The molecule has 0 atom stereocenters. The molecule has 11 nitrogen and oxygen atoms in total. The van der Waals surface area contributed by atoms with Gasteiger partial charge in [-0.3, -0.25) is 14.3 Å². The Morgan fingerprint density at radius 3 is 2.28 bits per heavy atom. The van der Waals surface area contributed by atoms with Crippen LogP contribution in [0.4, 0.5) is 11.4 Å². The van der Waals surface area contributed by atoms with Gasteiger partial charge >= 0.3 is 0 Å². The van der Waals surface area contributed by atoms with Gasteiger partial charge in [0, 0.05) is 43.6 Å². The molecule has 1 aliphatic rings. The molecule has 0 spiro atoms. The van der Waals surface area contributed by atoms with E-state index in [0.29, 0.717) is 37.8 Å². The van der Waals surface area contributed by atoms with E-state index in [2.05, 4.69) is 20.8 Å². The van der Waals surface area contributed by atoms with Gasteiger partial charge in [0.05, 0.1) is 23.5 Å². The summed E-state index contributed by atoms with van der Waals surface area (Å²) in [5, 5.41) is 11.8. The molecule has 0 saturated carbocycles. The number of benzene rings is 1. The first-order valence-electron chi connectivity index (χ1n) is 10.1. The minimum atomic E-state index is -4.03. The second-order valence-corrected chi connectivity index (χ2v) is 11.9. The molecule has 0 radical (unpaired) electrons. The van der Waals surface area contributed by atoms with E-state index >= 15 is 0 Å². The fraction of sp³-hybridized carbons (Fsp3) is 0.667. The van der Waals surface area contributed by atoms with Crippen molar-refractivity contribution in [3.63, 3.8) is 0 Å². The Hall–Kier alpha value is -1.32. The molecule has 0 unspecified atom stereocenters. The zero-order valence-corrected chi connectivity index (χ0v) is 21.4. The van der Waals surface area contributed by atoms with Crippen molar-refractivity contribution in [3.05, 3.63) is 28.3 Å². The quantitative estimate of drug-likeness (QED) is 0.182. The van der Waals surface area contributed by atoms with E-state index in [4.69, 9.17) is 4.18 Å². The average molecular weight is 557 g/mol. The van der Waals surface area contributed by atoms with Crippen LogP contribution in [0, 0.1) is 10.1 Å². The molecule has 0 aromatic heterocycles. The number of nitro benzene ring substituents is 1. The fourth-order valence-corrected chi connectivity index (χ4v) is 6.03. The molecule has 0 amide bonds. The van der Waals surface area contributed by atoms with Gasteiger partial charge in [-0.05, 0) is 39.0 Å². The van der Waals surface area contributed by atoms with E-state index in [9.17, 15) is 26.9 Å². The number of nitro groups is 1. The maximum absolute atomic E-state index is 13.6. The number of alkyl halides is 1. The normalized spacial score (nSPS) is 17.0. The van der Waals surface area contributed by atoms with Gasteiger partial charge in [0.15, 0.2) is 0 Å². The molecule has 1 aromatic rings. The summed E-state index contributed by atoms with van der Waals surface area (Å²) in [6.07, 6.45) is 2.23. The number of halogens is 1. The number of nitrogens with zero attached hydrogens (tertiary/aromatic N) is 4. The van der Waals surface area contributed by atoms with Crippen molar-refractivity contribution in [1.29, 1.82) is 0 Å². The third-order valence-electron chi connectivity index (χ3n) is 5.02. The van der Waals surface area contributed by atoms with Crippen molar-refractivity contribution in [2.75, 3.05) is 69.4 Å². The molecule has 32 heavy (non-hydrogen) atoms. The van der Waals surface area contributed by atoms with Crippen molar-refractivity contribution in [2.24, 2.45) is 0 Å². The van der Waals surface area contributed by atoms with E-state index < -0.39 is 25.1 Å². The monoisotopic (exact) mass is 556 g/mol. The predicted molar refractivity (Wildman–Crippen MR) is 125 cm³/mol. The molecule has 0 bridgehead atoms. The van der Waals surface area contributed by atoms with Crippen LogP contribution in [0.2, 0.25) is 0 Å². The Morgan fingerprint density at radius 2 is 1.75 bits per heavy atom. The van der Waals surface area contributed by atoms with Gasteiger partial charge in [-0.2, -0.15) is 12.7 Å². The lowest BCUT2D eigenvalue weighted by atomic mass is 10.2. The highest BCUT2D eigenvalue weighted by atomic mass is 79.9. The summed E-state index contributed by atoms with van der Waals surface area (Å²) in [6, 6.07) is 3.72. The summed E-state index contributed by atoms with van der Waals surface area (Å²) in [5.41, 5.74) is -0.0587. The number of rotatable bonds is 10. The zero-order valence-electron chi connectivity index (χ0n) is 18.1. The molecule has 1 heterocycles. The zero-order chi connectivity index (χ0) is 23.9. The Labute approximate surface area is 197 Å². The average Bonchev–Trinajstić information content (AvgIpc) is 2.68. The maximum Gasteiger partial charge on any atom is 0.270 e. The lowest BCUT2D eigenvalue weighted by Crippen LogP contribution is -2.39. The number of hydrogen-bond acceptors (Lipinski definition) is 9. The number of hydrogen-bond donors (Lipinski definition) is 0. The molecule has 182 valence electrons. The third-order valence-corrected chi connectivity index (χ3v) is 7.90. The summed E-state index contributed by atoms with van der Waals surface area (Å²) >= 11 is 3.32. The first-order chi connectivity index (χ1) is 15.0. The van der Waals surface area contributed by atoms with Crippen LogP contribution in [0.1, 0.15) is 12.8 Å². The molecular formula is C18H29BrN4O7S2. The highest BCUT2D eigenvalue weighted by Crippen LogP contribution is 2.32. The Morgan fingerprint density at radius 1 is 1.12 bits per heavy atom. The maximum atomic E-state index is 13.6. The first-order valence-corrected chi connectivity index (χ1v) is 14.5. The van der Waals surface area contributed by atoms with Gasteiger partial charge in [-0.25, -0.2) is 8.42 Å². The molecule has 0 aliphatic carbocycles. The largest absolute Gasteiger partial charge is 0.367 e. The van der Waals surface area contributed by atoms with Crippen LogP contribution in [0.5, 0.6) is 0 Å². The standard InChI is InChI=1S/C18H29BrN4O7S2/c1-20-8-3-10-22(11-4-9-20)32(28,29)18-15-16(23(24)25)5-6-17(18)21(12-7-19)13-14-30-31(2,26)27/h5-6,15H,3-4,7-14H2,1-2H3. The second-order valence-electron chi connectivity index (χ2n) is 7.53. The van der Waals surface area contributed by atoms with Crippen LogP contribution in [0.15, 0.2) is 23.1 Å². The van der Waals surface area contributed by atoms with E-state index in [1.54, 1.807) is 4.90 Å². The smallest absolute Gasteiger partial charge is 0.270 e. The van der Waals surface area contributed by atoms with Gasteiger partial charge in [-0.1, -0.05) is 15.9 Å². The second kappa shape index (κ2) is 11.7. The Bertz CT molecular complexity index is 995. The fourth-order valence-electron chi connectivity index (χ4n) is 3.47. The van der Waals surface area contributed by atoms with Gasteiger partial charge in [0.1, 0.15) is 4.90 Å². The number of anilines is 1. The van der Waals surface area contributed by atoms with Crippen LogP contribution >= 0.6 is 15.9 Å². The van der Waals surface area contributed by atoms with E-state index in [1.165, 1.54) is 16.4 Å². The highest BCUT2D eigenvalue weighted by molar-refractivity contribution is 9.09. The van der Waals surface area contributed by atoms with Crippen molar-refractivity contribution in [2.45, 2.75) is 17.7 Å². The molecule has 1 fully saturated rings. The molecule has 1 aliphatic heterocycles. The molecule has 1 aromatic carbocycles. The molecule has 1 saturated heterocycles. The van der Waals surface area contributed by atoms with Crippen LogP contribution < -0.4 is 4.90 Å². The predicted octanol–water partition coefficient (Wildman–Crippen LogP) is 1.49. The number of non-ortho nitro benzene ring substituents is 1. The first kappa shape index (κ1) is 26.9. The van der Waals surface area contributed by atoms with E-state index in [-0.39, 0.29) is 29.4 Å².